The first-order valence-corrected chi connectivity index (χ1v) is 10.5. The van der Waals surface area contributed by atoms with Gasteiger partial charge in [0.1, 0.15) is 17.8 Å². The number of hydrogen-bond donors (Lipinski definition) is 3. The molecule has 0 saturated carbocycles. The molecular weight excluding hydrogens is 420 g/mol. The van der Waals surface area contributed by atoms with Crippen LogP contribution in [-0.2, 0) is 27.2 Å². The topological polar surface area (TPSA) is 105 Å². The standard InChI is InChI=1S/C26H26N2O5/c1-33-26(32)23(17-19-12-14-21(29)15-13-19)28-25(31)22(16-18-8-4-2-5-9-18)27-24(30)20-10-6-3-7-11-20/h2-15,22-23,29H,16-17H2,1H3,(H,27,30)(H,28,31)/t22-,23-/m0/s1. The van der Waals surface area contributed by atoms with Crippen LogP contribution in [0.1, 0.15) is 21.5 Å². The summed E-state index contributed by atoms with van der Waals surface area (Å²) in [6, 6.07) is 22.4. The third-order valence-corrected chi connectivity index (χ3v) is 5.12. The molecule has 0 fully saturated rings. The molecule has 0 aliphatic rings. The summed E-state index contributed by atoms with van der Waals surface area (Å²) >= 11 is 0. The number of ether oxygens (including phenoxy) is 1. The van der Waals surface area contributed by atoms with Crippen LogP contribution in [0.2, 0.25) is 0 Å². The molecule has 7 heteroatoms. The van der Waals surface area contributed by atoms with E-state index < -0.39 is 24.0 Å². The van der Waals surface area contributed by atoms with E-state index in [1.807, 2.05) is 30.3 Å². The summed E-state index contributed by atoms with van der Waals surface area (Å²) < 4.78 is 4.87. The Balaban J connectivity index is 1.79. The first-order valence-electron chi connectivity index (χ1n) is 10.5. The minimum atomic E-state index is -0.959. The average Bonchev–Trinajstić information content (AvgIpc) is 2.85. The molecule has 3 aromatic carbocycles. The molecule has 0 aromatic heterocycles. The van der Waals surface area contributed by atoms with Crippen LogP contribution in [0.4, 0.5) is 0 Å². The second-order valence-corrected chi connectivity index (χ2v) is 7.54. The Hall–Kier alpha value is -4.13. The highest BCUT2D eigenvalue weighted by atomic mass is 16.5. The van der Waals surface area contributed by atoms with Gasteiger partial charge in [-0.05, 0) is 35.4 Å². The number of amides is 2. The lowest BCUT2D eigenvalue weighted by atomic mass is 10.0. The number of carbonyl (C=O) groups excluding carboxylic acids is 3. The lowest BCUT2D eigenvalue weighted by Crippen LogP contribution is -2.53. The molecule has 0 heterocycles. The third-order valence-electron chi connectivity index (χ3n) is 5.12. The maximum Gasteiger partial charge on any atom is 0.328 e. The molecule has 3 aromatic rings. The Kier molecular flexibility index (Phi) is 8.18. The van der Waals surface area contributed by atoms with Crippen molar-refractivity contribution in [3.63, 3.8) is 0 Å². The third kappa shape index (κ3) is 6.93. The fraction of sp³-hybridized carbons (Fsp3) is 0.192. The van der Waals surface area contributed by atoms with Crippen LogP contribution in [0, 0.1) is 0 Å². The molecule has 7 nitrogen and oxygen atoms in total. The summed E-state index contributed by atoms with van der Waals surface area (Å²) in [5.41, 5.74) is 2.02. The molecule has 0 radical (unpaired) electrons. The van der Waals surface area contributed by atoms with E-state index in [4.69, 9.17) is 4.74 Å². The number of carbonyl (C=O) groups is 3. The lowest BCUT2D eigenvalue weighted by molar-refractivity contribution is -0.145. The fourth-order valence-electron chi connectivity index (χ4n) is 3.37. The van der Waals surface area contributed by atoms with Gasteiger partial charge < -0.3 is 20.5 Å². The van der Waals surface area contributed by atoms with Crippen molar-refractivity contribution in [1.82, 2.24) is 10.6 Å². The van der Waals surface area contributed by atoms with E-state index in [1.54, 1.807) is 42.5 Å². The summed E-state index contributed by atoms with van der Waals surface area (Å²) in [5.74, 6) is -1.40. The maximum absolute atomic E-state index is 13.2. The predicted octanol–water partition coefficient (Wildman–Crippen LogP) is 2.63. The number of aromatic hydroxyl groups is 1. The van der Waals surface area contributed by atoms with Gasteiger partial charge in [0.05, 0.1) is 7.11 Å². The molecule has 0 unspecified atom stereocenters. The van der Waals surface area contributed by atoms with Crippen molar-refractivity contribution in [2.75, 3.05) is 7.11 Å². The first-order chi connectivity index (χ1) is 16.0. The van der Waals surface area contributed by atoms with Gasteiger partial charge in [0.2, 0.25) is 5.91 Å². The monoisotopic (exact) mass is 446 g/mol. The summed E-state index contributed by atoms with van der Waals surface area (Å²) in [6.07, 6.45) is 0.418. The number of phenols is 1. The van der Waals surface area contributed by atoms with Crippen molar-refractivity contribution in [2.45, 2.75) is 24.9 Å². The van der Waals surface area contributed by atoms with Gasteiger partial charge in [-0.3, -0.25) is 9.59 Å². The zero-order valence-electron chi connectivity index (χ0n) is 18.2. The smallest absolute Gasteiger partial charge is 0.328 e. The highest BCUT2D eigenvalue weighted by molar-refractivity contribution is 5.98. The zero-order chi connectivity index (χ0) is 23.6. The number of esters is 1. The van der Waals surface area contributed by atoms with Crippen LogP contribution in [-0.4, -0.2) is 42.1 Å². The van der Waals surface area contributed by atoms with Gasteiger partial charge in [0.25, 0.3) is 5.91 Å². The van der Waals surface area contributed by atoms with Crippen molar-refractivity contribution >= 4 is 17.8 Å². The quantitative estimate of drug-likeness (QED) is 0.439. The largest absolute Gasteiger partial charge is 0.508 e. The van der Waals surface area contributed by atoms with Crippen molar-refractivity contribution in [3.8, 4) is 5.75 Å². The van der Waals surface area contributed by atoms with Crippen molar-refractivity contribution in [1.29, 1.82) is 0 Å². The fourth-order valence-corrected chi connectivity index (χ4v) is 3.37. The minimum Gasteiger partial charge on any atom is -0.508 e. The van der Waals surface area contributed by atoms with E-state index in [0.717, 1.165) is 11.1 Å². The van der Waals surface area contributed by atoms with Gasteiger partial charge in [0.15, 0.2) is 0 Å². The normalized spacial score (nSPS) is 12.3. The van der Waals surface area contributed by atoms with Gasteiger partial charge in [0, 0.05) is 18.4 Å². The molecule has 0 aliphatic heterocycles. The Labute approximate surface area is 192 Å². The molecule has 33 heavy (non-hydrogen) atoms. The van der Waals surface area contributed by atoms with Gasteiger partial charge >= 0.3 is 5.97 Å². The van der Waals surface area contributed by atoms with E-state index in [9.17, 15) is 19.5 Å². The van der Waals surface area contributed by atoms with Crippen molar-refractivity contribution in [3.05, 3.63) is 102 Å². The molecule has 2 atom stereocenters. The lowest BCUT2D eigenvalue weighted by Gasteiger charge is -2.22. The van der Waals surface area contributed by atoms with Crippen LogP contribution in [0.25, 0.3) is 0 Å². The van der Waals surface area contributed by atoms with E-state index in [-0.39, 0.29) is 24.5 Å². The molecule has 2 amide bonds. The Morgan fingerprint density at radius 2 is 1.30 bits per heavy atom. The zero-order valence-corrected chi connectivity index (χ0v) is 18.2. The second-order valence-electron chi connectivity index (χ2n) is 7.54. The van der Waals surface area contributed by atoms with Gasteiger partial charge in [-0.25, -0.2) is 4.79 Å². The molecule has 3 rings (SSSR count). The summed E-state index contributed by atoms with van der Waals surface area (Å²) in [5, 5.41) is 15.0. The van der Waals surface area contributed by atoms with Crippen molar-refractivity contribution < 1.29 is 24.2 Å². The number of methoxy groups -OCH3 is 1. The van der Waals surface area contributed by atoms with Gasteiger partial charge in [-0.1, -0.05) is 60.7 Å². The summed E-state index contributed by atoms with van der Waals surface area (Å²) in [6.45, 7) is 0. The summed E-state index contributed by atoms with van der Waals surface area (Å²) in [4.78, 5) is 38.3. The molecule has 3 N–H and O–H groups in total. The average molecular weight is 447 g/mol. The van der Waals surface area contributed by atoms with Crippen LogP contribution < -0.4 is 10.6 Å². The molecule has 0 spiro atoms. The molecule has 170 valence electrons. The first kappa shape index (κ1) is 23.5. The van der Waals surface area contributed by atoms with Crippen LogP contribution in [0.3, 0.4) is 0 Å². The number of rotatable bonds is 9. The highest BCUT2D eigenvalue weighted by Gasteiger charge is 2.28. The van der Waals surface area contributed by atoms with Crippen LogP contribution in [0.15, 0.2) is 84.9 Å². The van der Waals surface area contributed by atoms with E-state index in [0.29, 0.717) is 5.56 Å². The second kappa shape index (κ2) is 11.5. The van der Waals surface area contributed by atoms with E-state index >= 15 is 0 Å². The van der Waals surface area contributed by atoms with Crippen LogP contribution in [0.5, 0.6) is 5.75 Å². The Bertz CT molecular complexity index is 1070. The molecule has 0 aliphatic carbocycles. The SMILES string of the molecule is COC(=O)[C@H](Cc1ccc(O)cc1)NC(=O)[C@H](Cc1ccccc1)NC(=O)c1ccccc1. The summed E-state index contributed by atoms with van der Waals surface area (Å²) in [7, 11) is 1.25. The molecular formula is C26H26N2O5. The number of nitrogens with one attached hydrogen (secondary N) is 2. The van der Waals surface area contributed by atoms with Crippen LogP contribution >= 0.6 is 0 Å². The maximum atomic E-state index is 13.2. The van der Waals surface area contributed by atoms with Crippen molar-refractivity contribution in [2.24, 2.45) is 0 Å². The van der Waals surface area contributed by atoms with E-state index in [1.165, 1.54) is 19.2 Å². The number of benzene rings is 3. The Morgan fingerprint density at radius 3 is 1.91 bits per heavy atom. The molecule has 0 saturated heterocycles. The highest BCUT2D eigenvalue weighted by Crippen LogP contribution is 2.13. The number of phenolic OH excluding ortho intramolecular Hbond substituents is 1. The van der Waals surface area contributed by atoms with Gasteiger partial charge in [-0.2, -0.15) is 0 Å². The predicted molar refractivity (Wildman–Crippen MR) is 124 cm³/mol. The number of hydrogen-bond acceptors (Lipinski definition) is 5. The minimum absolute atomic E-state index is 0.101. The molecule has 0 bridgehead atoms. The Morgan fingerprint density at radius 1 is 0.758 bits per heavy atom. The van der Waals surface area contributed by atoms with Gasteiger partial charge in [-0.15, -0.1) is 0 Å². The van der Waals surface area contributed by atoms with E-state index in [2.05, 4.69) is 10.6 Å².